The minimum atomic E-state index is -4.02. The van der Waals surface area contributed by atoms with Crippen molar-refractivity contribution in [3.05, 3.63) is 96.1 Å². The number of hydrogen-bond donors (Lipinski definition) is 0. The standard InChI is InChI=1S/C24H20N2O6S2/c1-31-17-7-11-19(12-8-17)33(27,28)25-23-15-16-24(22-6-4-3-5-21(22)23)26-34(29,30)20-13-9-18(32-2)10-14-20/h3-16H,1-2H3. The van der Waals surface area contributed by atoms with E-state index in [1.807, 2.05) is 0 Å². The van der Waals surface area contributed by atoms with Gasteiger partial charge in [0.15, 0.2) is 0 Å². The van der Waals surface area contributed by atoms with Crippen molar-refractivity contribution in [3.63, 3.8) is 0 Å². The Morgan fingerprint density at radius 2 is 0.912 bits per heavy atom. The first-order valence-electron chi connectivity index (χ1n) is 9.99. The highest BCUT2D eigenvalue weighted by Gasteiger charge is 2.22. The van der Waals surface area contributed by atoms with Crippen LogP contribution in [-0.2, 0) is 20.0 Å². The lowest BCUT2D eigenvalue weighted by Crippen LogP contribution is -2.16. The van der Waals surface area contributed by atoms with Gasteiger partial charge in [-0.05, 0) is 60.7 Å². The molecule has 34 heavy (non-hydrogen) atoms. The molecule has 10 heteroatoms. The third-order valence-electron chi connectivity index (χ3n) is 5.03. The SMILES string of the molecule is COc1ccc(S(=O)(=O)N=C2C=CC(=NS(=O)(=O)c3ccc(OC)cc3)c3ccccc32)cc1. The Bertz CT molecular complexity index is 1400. The van der Waals surface area contributed by atoms with Gasteiger partial charge >= 0.3 is 0 Å². The predicted octanol–water partition coefficient (Wildman–Crippen LogP) is 3.63. The zero-order valence-corrected chi connectivity index (χ0v) is 19.9. The van der Waals surface area contributed by atoms with Gasteiger partial charge in [0.2, 0.25) is 0 Å². The number of allylic oxidation sites excluding steroid dienone is 2. The number of sulfonamides is 2. The second-order valence-corrected chi connectivity index (χ2v) is 10.3. The van der Waals surface area contributed by atoms with Crippen LogP contribution in [0.3, 0.4) is 0 Å². The number of fused-ring (bicyclic) bond motifs is 1. The maximum absolute atomic E-state index is 12.9. The molecule has 0 saturated carbocycles. The Hall–Kier alpha value is -3.76. The van der Waals surface area contributed by atoms with Crippen LogP contribution in [0.15, 0.2) is 104 Å². The number of methoxy groups -OCH3 is 2. The summed E-state index contributed by atoms with van der Waals surface area (Å²) in [6.07, 6.45) is 2.87. The van der Waals surface area contributed by atoms with Gasteiger partial charge in [0, 0.05) is 11.1 Å². The smallest absolute Gasteiger partial charge is 0.282 e. The fourth-order valence-electron chi connectivity index (χ4n) is 3.29. The molecule has 0 aromatic heterocycles. The second kappa shape index (κ2) is 9.24. The molecule has 0 fully saturated rings. The molecule has 0 unspecified atom stereocenters. The van der Waals surface area contributed by atoms with E-state index >= 15 is 0 Å². The molecular weight excluding hydrogens is 476 g/mol. The molecule has 0 bridgehead atoms. The summed E-state index contributed by atoms with van der Waals surface area (Å²) < 4.78 is 69.5. The van der Waals surface area contributed by atoms with E-state index in [2.05, 4.69) is 8.80 Å². The van der Waals surface area contributed by atoms with Crippen LogP contribution in [0.1, 0.15) is 11.1 Å². The van der Waals surface area contributed by atoms with Gasteiger partial charge in [-0.3, -0.25) is 0 Å². The van der Waals surface area contributed by atoms with Gasteiger partial charge in [-0.1, -0.05) is 24.3 Å². The van der Waals surface area contributed by atoms with E-state index in [9.17, 15) is 16.8 Å². The van der Waals surface area contributed by atoms with E-state index in [4.69, 9.17) is 9.47 Å². The summed E-state index contributed by atoms with van der Waals surface area (Å²) in [6.45, 7) is 0. The molecule has 4 rings (SSSR count). The van der Waals surface area contributed by atoms with Crippen LogP contribution in [0.5, 0.6) is 11.5 Å². The van der Waals surface area contributed by atoms with Crippen molar-refractivity contribution in [2.45, 2.75) is 9.79 Å². The highest BCUT2D eigenvalue weighted by Crippen LogP contribution is 2.24. The van der Waals surface area contributed by atoms with E-state index in [-0.39, 0.29) is 21.2 Å². The number of ether oxygens (including phenoxy) is 2. The molecule has 0 atom stereocenters. The van der Waals surface area contributed by atoms with Crippen LogP contribution in [0, 0.1) is 0 Å². The van der Waals surface area contributed by atoms with Gasteiger partial charge in [-0.15, -0.1) is 0 Å². The first-order valence-corrected chi connectivity index (χ1v) is 12.9. The maximum Gasteiger partial charge on any atom is 0.282 e. The molecule has 3 aromatic carbocycles. The minimum absolute atomic E-state index is 0.00762. The van der Waals surface area contributed by atoms with Crippen molar-refractivity contribution in [1.82, 2.24) is 0 Å². The minimum Gasteiger partial charge on any atom is -0.497 e. The highest BCUT2D eigenvalue weighted by molar-refractivity contribution is 7.90. The van der Waals surface area contributed by atoms with E-state index in [0.717, 1.165) is 0 Å². The van der Waals surface area contributed by atoms with Gasteiger partial charge < -0.3 is 9.47 Å². The van der Waals surface area contributed by atoms with Crippen molar-refractivity contribution in [2.24, 2.45) is 8.80 Å². The van der Waals surface area contributed by atoms with Crippen LogP contribution in [0.25, 0.3) is 0 Å². The molecular formula is C24H20N2O6S2. The van der Waals surface area contributed by atoms with Crippen LogP contribution < -0.4 is 9.47 Å². The molecule has 8 nitrogen and oxygen atoms in total. The average Bonchev–Trinajstić information content (AvgIpc) is 2.85. The Morgan fingerprint density at radius 3 is 1.24 bits per heavy atom. The number of hydrogen-bond acceptors (Lipinski definition) is 6. The molecule has 0 radical (unpaired) electrons. The Kier molecular flexibility index (Phi) is 6.36. The lowest BCUT2D eigenvalue weighted by molar-refractivity contribution is 0.414. The molecule has 1 aliphatic carbocycles. The van der Waals surface area contributed by atoms with Gasteiger partial charge in [0.25, 0.3) is 20.0 Å². The van der Waals surface area contributed by atoms with Gasteiger partial charge in [0.05, 0.1) is 35.4 Å². The molecule has 3 aromatic rings. The molecule has 0 heterocycles. The maximum atomic E-state index is 12.9. The van der Waals surface area contributed by atoms with E-state index in [1.54, 1.807) is 24.3 Å². The highest BCUT2D eigenvalue weighted by atomic mass is 32.2. The Balaban J connectivity index is 1.74. The summed E-state index contributed by atoms with van der Waals surface area (Å²) in [4.78, 5) is 0.0152. The summed E-state index contributed by atoms with van der Waals surface area (Å²) in [5.74, 6) is 1.04. The van der Waals surface area contributed by atoms with Crippen LogP contribution >= 0.6 is 0 Å². The van der Waals surface area contributed by atoms with Crippen molar-refractivity contribution in [3.8, 4) is 11.5 Å². The van der Waals surface area contributed by atoms with Crippen molar-refractivity contribution < 1.29 is 26.3 Å². The van der Waals surface area contributed by atoms with E-state index in [0.29, 0.717) is 22.6 Å². The third kappa shape index (κ3) is 4.78. The van der Waals surface area contributed by atoms with E-state index in [1.165, 1.54) is 74.9 Å². The molecule has 0 spiro atoms. The van der Waals surface area contributed by atoms with Crippen LogP contribution in [-0.4, -0.2) is 42.5 Å². The fraction of sp³-hybridized carbons (Fsp3) is 0.0833. The number of rotatable bonds is 6. The van der Waals surface area contributed by atoms with Gasteiger partial charge in [0.1, 0.15) is 11.5 Å². The molecule has 174 valence electrons. The van der Waals surface area contributed by atoms with E-state index < -0.39 is 20.0 Å². The van der Waals surface area contributed by atoms with Crippen molar-refractivity contribution in [2.75, 3.05) is 14.2 Å². The quantitative estimate of drug-likeness (QED) is 0.515. The predicted molar refractivity (Wildman–Crippen MR) is 129 cm³/mol. The van der Waals surface area contributed by atoms with Crippen LogP contribution in [0.4, 0.5) is 0 Å². The molecule has 1 aliphatic rings. The van der Waals surface area contributed by atoms with Crippen molar-refractivity contribution in [1.29, 1.82) is 0 Å². The van der Waals surface area contributed by atoms with Crippen LogP contribution in [0.2, 0.25) is 0 Å². The zero-order valence-electron chi connectivity index (χ0n) is 18.2. The molecule has 0 amide bonds. The monoisotopic (exact) mass is 496 g/mol. The number of nitrogens with zero attached hydrogens (tertiary/aromatic N) is 2. The molecule has 0 aliphatic heterocycles. The Labute approximate surface area is 198 Å². The largest absolute Gasteiger partial charge is 0.497 e. The second-order valence-electron chi connectivity index (χ2n) is 7.13. The Morgan fingerprint density at radius 1 is 0.559 bits per heavy atom. The first kappa shape index (κ1) is 23.4. The summed E-state index contributed by atoms with van der Waals surface area (Å²) >= 11 is 0. The number of benzene rings is 3. The zero-order chi connectivity index (χ0) is 24.3. The van der Waals surface area contributed by atoms with Crippen molar-refractivity contribution >= 4 is 31.5 Å². The van der Waals surface area contributed by atoms with Gasteiger partial charge in [-0.25, -0.2) is 0 Å². The lowest BCUT2D eigenvalue weighted by atomic mass is 9.94. The normalized spacial score (nSPS) is 15.8. The fourth-order valence-corrected chi connectivity index (χ4v) is 5.29. The summed E-state index contributed by atoms with van der Waals surface area (Å²) in [6, 6.07) is 18.5. The topological polar surface area (TPSA) is 111 Å². The average molecular weight is 497 g/mol. The third-order valence-corrected chi connectivity index (χ3v) is 7.64. The summed E-state index contributed by atoms with van der Waals surface area (Å²) in [7, 11) is -5.06. The molecule has 0 N–H and O–H groups in total. The lowest BCUT2D eigenvalue weighted by Gasteiger charge is -2.15. The summed E-state index contributed by atoms with van der Waals surface area (Å²) in [5.41, 5.74) is 1.25. The van der Waals surface area contributed by atoms with Gasteiger partial charge in [-0.2, -0.15) is 25.6 Å². The molecule has 0 saturated heterocycles. The summed E-state index contributed by atoms with van der Waals surface area (Å²) in [5, 5.41) is 0. The first-order chi connectivity index (χ1) is 16.2.